The molecule has 0 aliphatic rings. The third-order valence-corrected chi connectivity index (χ3v) is 4.14. The average Bonchev–Trinajstić information content (AvgIpc) is 2.99. The smallest absolute Gasteiger partial charge is 0.305 e. The van der Waals surface area contributed by atoms with Crippen molar-refractivity contribution in [1.82, 2.24) is 5.32 Å². The second-order valence-corrected chi connectivity index (χ2v) is 5.78. The Morgan fingerprint density at radius 2 is 2.00 bits per heavy atom. The van der Waals surface area contributed by atoms with Gasteiger partial charge >= 0.3 is 5.97 Å². The highest BCUT2D eigenvalue weighted by Crippen LogP contribution is 2.22. The van der Waals surface area contributed by atoms with Gasteiger partial charge in [-0.25, -0.2) is 0 Å². The Balaban J connectivity index is 1.96. The zero-order valence-electron chi connectivity index (χ0n) is 11.9. The zero-order valence-corrected chi connectivity index (χ0v) is 12.7. The van der Waals surface area contributed by atoms with Crippen molar-refractivity contribution < 1.29 is 14.6 Å². The molecule has 1 aromatic carbocycles. The van der Waals surface area contributed by atoms with Crippen molar-refractivity contribution in [2.45, 2.75) is 25.6 Å². The molecule has 0 fully saturated rings. The molecule has 4 nitrogen and oxygen atoms in total. The molecular formula is C16H19NO3S. The van der Waals surface area contributed by atoms with E-state index in [1.807, 2.05) is 41.8 Å². The number of methoxy groups -OCH3 is 1. The summed E-state index contributed by atoms with van der Waals surface area (Å²) in [6, 6.07) is 11.9. The molecule has 0 amide bonds. The van der Waals surface area contributed by atoms with Crippen LogP contribution in [0, 0.1) is 0 Å². The van der Waals surface area contributed by atoms with Gasteiger partial charge in [-0.2, -0.15) is 0 Å². The minimum atomic E-state index is -0.795. The maximum Gasteiger partial charge on any atom is 0.305 e. The highest BCUT2D eigenvalue weighted by Gasteiger charge is 2.15. The van der Waals surface area contributed by atoms with Crippen molar-refractivity contribution in [1.29, 1.82) is 0 Å². The lowest BCUT2D eigenvalue weighted by molar-refractivity contribution is -0.137. The number of nitrogens with one attached hydrogen (secondary N) is 1. The first-order valence-electron chi connectivity index (χ1n) is 6.74. The molecule has 0 spiro atoms. The second kappa shape index (κ2) is 7.93. The lowest BCUT2D eigenvalue weighted by atomic mass is 10.1. The van der Waals surface area contributed by atoms with Gasteiger partial charge in [-0.15, -0.1) is 11.3 Å². The number of thiophene rings is 1. The molecular weight excluding hydrogens is 286 g/mol. The fourth-order valence-corrected chi connectivity index (χ4v) is 2.90. The van der Waals surface area contributed by atoms with Gasteiger partial charge in [0.25, 0.3) is 0 Å². The van der Waals surface area contributed by atoms with Crippen LogP contribution in [0.25, 0.3) is 0 Å². The number of benzene rings is 1. The Morgan fingerprint density at radius 1 is 1.29 bits per heavy atom. The summed E-state index contributed by atoms with van der Waals surface area (Å²) < 4.78 is 5.08. The molecule has 2 aromatic rings. The molecule has 5 heteroatoms. The van der Waals surface area contributed by atoms with Gasteiger partial charge in [0.15, 0.2) is 0 Å². The van der Waals surface area contributed by atoms with E-state index in [2.05, 4.69) is 5.32 Å². The molecule has 1 atom stereocenters. The summed E-state index contributed by atoms with van der Waals surface area (Å²) in [5.74, 6) is -0.795. The number of hydrogen-bond acceptors (Lipinski definition) is 4. The maximum absolute atomic E-state index is 11.0. The first-order chi connectivity index (χ1) is 10.2. The monoisotopic (exact) mass is 305 g/mol. The number of ether oxygens (including phenoxy) is 1. The summed E-state index contributed by atoms with van der Waals surface area (Å²) in [6.45, 7) is 1.24. The number of rotatable bonds is 8. The van der Waals surface area contributed by atoms with E-state index >= 15 is 0 Å². The summed E-state index contributed by atoms with van der Waals surface area (Å²) in [5, 5.41) is 14.3. The van der Waals surface area contributed by atoms with Gasteiger partial charge in [-0.1, -0.05) is 30.3 Å². The van der Waals surface area contributed by atoms with Crippen LogP contribution in [0.5, 0.6) is 0 Å². The van der Waals surface area contributed by atoms with Crippen LogP contribution in [0.2, 0.25) is 0 Å². The predicted molar refractivity (Wildman–Crippen MR) is 83.3 cm³/mol. The summed E-state index contributed by atoms with van der Waals surface area (Å²) in [4.78, 5) is 12.0. The third kappa shape index (κ3) is 4.97. The van der Waals surface area contributed by atoms with Gasteiger partial charge in [-0.05, 0) is 22.6 Å². The number of aliphatic carboxylic acids is 1. The van der Waals surface area contributed by atoms with E-state index in [4.69, 9.17) is 9.84 Å². The lowest BCUT2D eigenvalue weighted by Gasteiger charge is -2.15. The molecule has 0 aliphatic carbocycles. The van der Waals surface area contributed by atoms with Gasteiger partial charge in [0, 0.05) is 18.5 Å². The van der Waals surface area contributed by atoms with Crippen molar-refractivity contribution >= 4 is 17.3 Å². The first-order valence-corrected chi connectivity index (χ1v) is 7.62. The molecule has 21 heavy (non-hydrogen) atoms. The van der Waals surface area contributed by atoms with Gasteiger partial charge in [0.2, 0.25) is 0 Å². The van der Waals surface area contributed by atoms with Gasteiger partial charge in [-0.3, -0.25) is 4.79 Å². The lowest BCUT2D eigenvalue weighted by Crippen LogP contribution is -2.22. The van der Waals surface area contributed by atoms with E-state index in [1.165, 1.54) is 0 Å². The topological polar surface area (TPSA) is 58.6 Å². The van der Waals surface area contributed by atoms with Gasteiger partial charge in [0.1, 0.15) is 0 Å². The van der Waals surface area contributed by atoms with Crippen LogP contribution in [-0.4, -0.2) is 18.2 Å². The predicted octanol–water partition coefficient (Wildman–Crippen LogP) is 3.20. The quantitative estimate of drug-likeness (QED) is 0.786. The highest BCUT2D eigenvalue weighted by molar-refractivity contribution is 7.10. The molecule has 1 unspecified atom stereocenters. The molecule has 1 aromatic heterocycles. The van der Waals surface area contributed by atoms with Crippen LogP contribution in [0.3, 0.4) is 0 Å². The Hall–Kier alpha value is -1.69. The highest BCUT2D eigenvalue weighted by atomic mass is 32.1. The van der Waals surface area contributed by atoms with E-state index in [0.717, 1.165) is 16.0 Å². The van der Waals surface area contributed by atoms with Crippen molar-refractivity contribution in [3.63, 3.8) is 0 Å². The number of hydrogen-bond donors (Lipinski definition) is 2. The van der Waals surface area contributed by atoms with E-state index < -0.39 is 5.97 Å². The Kier molecular flexibility index (Phi) is 5.92. The van der Waals surface area contributed by atoms with E-state index in [0.29, 0.717) is 13.2 Å². The van der Waals surface area contributed by atoms with Gasteiger partial charge < -0.3 is 15.2 Å². The van der Waals surface area contributed by atoms with Crippen molar-refractivity contribution in [2.75, 3.05) is 7.11 Å². The second-order valence-electron chi connectivity index (χ2n) is 4.80. The van der Waals surface area contributed by atoms with E-state index in [1.54, 1.807) is 18.4 Å². The Labute approximate surface area is 128 Å². The molecule has 0 radical (unpaired) electrons. The van der Waals surface area contributed by atoms with Crippen molar-refractivity contribution in [2.24, 2.45) is 0 Å². The third-order valence-electron chi connectivity index (χ3n) is 3.15. The van der Waals surface area contributed by atoms with Crippen molar-refractivity contribution in [3.05, 3.63) is 57.8 Å². The van der Waals surface area contributed by atoms with E-state index in [9.17, 15) is 4.79 Å². The van der Waals surface area contributed by atoms with Crippen LogP contribution in [-0.2, 0) is 22.7 Å². The number of carboxylic acids is 1. The SMILES string of the molecule is COCc1ccc(CNC(CC(=O)O)c2cccs2)cc1. The summed E-state index contributed by atoms with van der Waals surface area (Å²) in [6.07, 6.45) is 0.0856. The summed E-state index contributed by atoms with van der Waals surface area (Å²) in [7, 11) is 1.67. The Morgan fingerprint density at radius 3 is 2.57 bits per heavy atom. The van der Waals surface area contributed by atoms with Crippen LogP contribution >= 0.6 is 11.3 Å². The van der Waals surface area contributed by atoms with Crippen molar-refractivity contribution in [3.8, 4) is 0 Å². The number of carboxylic acid groups (broad SMARTS) is 1. The standard InChI is InChI=1S/C16H19NO3S/c1-20-11-13-6-4-12(5-7-13)10-17-14(9-16(18)19)15-3-2-8-21-15/h2-8,14,17H,9-11H2,1H3,(H,18,19). The van der Waals surface area contributed by atoms with Crippen LogP contribution in [0.15, 0.2) is 41.8 Å². The maximum atomic E-state index is 11.0. The molecule has 0 bridgehead atoms. The molecule has 2 N–H and O–H groups in total. The van der Waals surface area contributed by atoms with E-state index in [-0.39, 0.29) is 12.5 Å². The molecule has 112 valence electrons. The number of carbonyl (C=O) groups is 1. The average molecular weight is 305 g/mol. The Bertz CT molecular complexity index is 551. The summed E-state index contributed by atoms with van der Waals surface area (Å²) >= 11 is 1.57. The fourth-order valence-electron chi connectivity index (χ4n) is 2.10. The molecule has 1 heterocycles. The summed E-state index contributed by atoms with van der Waals surface area (Å²) in [5.41, 5.74) is 2.25. The minimum absolute atomic E-state index is 0.0856. The van der Waals surface area contributed by atoms with Crippen LogP contribution in [0.1, 0.15) is 28.5 Å². The molecule has 2 rings (SSSR count). The zero-order chi connectivity index (χ0) is 15.1. The molecule has 0 aliphatic heterocycles. The van der Waals surface area contributed by atoms with Crippen LogP contribution < -0.4 is 5.32 Å². The largest absolute Gasteiger partial charge is 0.481 e. The molecule has 0 saturated heterocycles. The fraction of sp³-hybridized carbons (Fsp3) is 0.312. The van der Waals surface area contributed by atoms with Gasteiger partial charge in [0.05, 0.1) is 19.1 Å². The first kappa shape index (κ1) is 15.7. The minimum Gasteiger partial charge on any atom is -0.481 e. The molecule has 0 saturated carbocycles. The van der Waals surface area contributed by atoms with Crippen LogP contribution in [0.4, 0.5) is 0 Å². The normalized spacial score (nSPS) is 12.2.